The lowest BCUT2D eigenvalue weighted by Gasteiger charge is -2.07. The SMILES string of the molecule is CC(C)CCOCCNCC1CC1C. The van der Waals surface area contributed by atoms with E-state index in [0.717, 1.165) is 37.5 Å². The van der Waals surface area contributed by atoms with E-state index in [1.807, 2.05) is 0 Å². The van der Waals surface area contributed by atoms with Crippen LogP contribution in [0.15, 0.2) is 0 Å². The quantitative estimate of drug-likeness (QED) is 0.606. The number of nitrogens with one attached hydrogen (secondary N) is 1. The average Bonchev–Trinajstić information content (AvgIpc) is 2.80. The van der Waals surface area contributed by atoms with Crippen LogP contribution in [0.25, 0.3) is 0 Å². The first-order chi connectivity index (χ1) is 6.70. The highest BCUT2D eigenvalue weighted by atomic mass is 16.5. The summed E-state index contributed by atoms with van der Waals surface area (Å²) in [7, 11) is 0. The molecule has 1 fully saturated rings. The summed E-state index contributed by atoms with van der Waals surface area (Å²) in [6, 6.07) is 0. The molecular weight excluding hydrogens is 174 g/mol. The van der Waals surface area contributed by atoms with Crippen LogP contribution in [0.3, 0.4) is 0 Å². The van der Waals surface area contributed by atoms with E-state index in [1.54, 1.807) is 0 Å². The van der Waals surface area contributed by atoms with E-state index >= 15 is 0 Å². The molecule has 1 saturated carbocycles. The van der Waals surface area contributed by atoms with Crippen LogP contribution >= 0.6 is 0 Å². The van der Waals surface area contributed by atoms with Gasteiger partial charge in [-0.05, 0) is 37.1 Å². The number of hydrogen-bond acceptors (Lipinski definition) is 2. The Morgan fingerprint density at radius 3 is 2.64 bits per heavy atom. The molecule has 2 nitrogen and oxygen atoms in total. The Morgan fingerprint density at radius 1 is 1.36 bits per heavy atom. The molecule has 2 unspecified atom stereocenters. The van der Waals surface area contributed by atoms with E-state index in [9.17, 15) is 0 Å². The normalized spacial score (nSPS) is 25.7. The van der Waals surface area contributed by atoms with E-state index < -0.39 is 0 Å². The fourth-order valence-corrected chi connectivity index (χ4v) is 1.54. The molecule has 1 aliphatic rings. The van der Waals surface area contributed by atoms with Gasteiger partial charge in [-0.2, -0.15) is 0 Å². The predicted molar refractivity (Wildman–Crippen MR) is 60.4 cm³/mol. The fourth-order valence-electron chi connectivity index (χ4n) is 1.54. The molecule has 0 amide bonds. The lowest BCUT2D eigenvalue weighted by molar-refractivity contribution is 0.125. The minimum absolute atomic E-state index is 0.760. The second-order valence-corrected chi connectivity index (χ2v) is 4.97. The Kier molecular flexibility index (Phi) is 5.49. The van der Waals surface area contributed by atoms with Crippen molar-refractivity contribution in [2.75, 3.05) is 26.3 Å². The maximum atomic E-state index is 5.51. The molecule has 84 valence electrons. The van der Waals surface area contributed by atoms with E-state index in [-0.39, 0.29) is 0 Å². The summed E-state index contributed by atoms with van der Waals surface area (Å²) in [5.41, 5.74) is 0. The Bertz CT molecular complexity index is 147. The molecule has 2 atom stereocenters. The topological polar surface area (TPSA) is 21.3 Å². The lowest BCUT2D eigenvalue weighted by Crippen LogP contribution is -2.22. The Hall–Kier alpha value is -0.0800. The molecule has 0 aromatic carbocycles. The van der Waals surface area contributed by atoms with Gasteiger partial charge in [0.2, 0.25) is 0 Å². The summed E-state index contributed by atoms with van der Waals surface area (Å²) in [5.74, 6) is 2.67. The molecule has 0 bridgehead atoms. The van der Waals surface area contributed by atoms with E-state index in [2.05, 4.69) is 26.1 Å². The van der Waals surface area contributed by atoms with E-state index in [1.165, 1.54) is 19.4 Å². The van der Waals surface area contributed by atoms with Crippen LogP contribution in [0, 0.1) is 17.8 Å². The van der Waals surface area contributed by atoms with Crippen molar-refractivity contribution in [1.82, 2.24) is 5.32 Å². The molecule has 14 heavy (non-hydrogen) atoms. The van der Waals surface area contributed by atoms with Crippen molar-refractivity contribution in [3.63, 3.8) is 0 Å². The Balaban J connectivity index is 1.72. The van der Waals surface area contributed by atoms with Gasteiger partial charge in [0, 0.05) is 13.2 Å². The van der Waals surface area contributed by atoms with Gasteiger partial charge in [-0.3, -0.25) is 0 Å². The van der Waals surface area contributed by atoms with Gasteiger partial charge in [0.15, 0.2) is 0 Å². The summed E-state index contributed by atoms with van der Waals surface area (Å²) in [5, 5.41) is 3.44. The second-order valence-electron chi connectivity index (χ2n) is 4.97. The van der Waals surface area contributed by atoms with Crippen molar-refractivity contribution in [1.29, 1.82) is 0 Å². The number of ether oxygens (including phenoxy) is 1. The highest BCUT2D eigenvalue weighted by Gasteiger charge is 2.31. The van der Waals surface area contributed by atoms with Crippen molar-refractivity contribution in [3.8, 4) is 0 Å². The maximum absolute atomic E-state index is 5.51. The summed E-state index contributed by atoms with van der Waals surface area (Å²) < 4.78 is 5.51. The minimum atomic E-state index is 0.760. The van der Waals surface area contributed by atoms with Crippen LogP contribution in [0.5, 0.6) is 0 Å². The Labute approximate surface area is 88.4 Å². The second kappa shape index (κ2) is 6.41. The van der Waals surface area contributed by atoms with Crippen molar-refractivity contribution >= 4 is 0 Å². The van der Waals surface area contributed by atoms with Gasteiger partial charge >= 0.3 is 0 Å². The standard InChI is InChI=1S/C12H25NO/c1-10(2)4-6-14-7-5-13-9-12-8-11(12)3/h10-13H,4-9H2,1-3H3. The predicted octanol–water partition coefficient (Wildman–Crippen LogP) is 2.29. The molecule has 0 aromatic rings. The molecule has 1 aliphatic carbocycles. The molecule has 0 aromatic heterocycles. The monoisotopic (exact) mass is 199 g/mol. The van der Waals surface area contributed by atoms with Crippen LogP contribution in [0.1, 0.15) is 33.6 Å². The van der Waals surface area contributed by atoms with Gasteiger partial charge in [-0.15, -0.1) is 0 Å². The smallest absolute Gasteiger partial charge is 0.0590 e. The van der Waals surface area contributed by atoms with Crippen LogP contribution in [0.4, 0.5) is 0 Å². The molecule has 0 spiro atoms. The van der Waals surface area contributed by atoms with Crippen LogP contribution in [-0.2, 0) is 4.74 Å². The van der Waals surface area contributed by atoms with Crippen LogP contribution in [0.2, 0.25) is 0 Å². The van der Waals surface area contributed by atoms with Gasteiger partial charge in [-0.25, -0.2) is 0 Å². The van der Waals surface area contributed by atoms with Crippen molar-refractivity contribution in [2.45, 2.75) is 33.6 Å². The van der Waals surface area contributed by atoms with Crippen LogP contribution in [-0.4, -0.2) is 26.3 Å². The van der Waals surface area contributed by atoms with Crippen LogP contribution < -0.4 is 5.32 Å². The van der Waals surface area contributed by atoms with Crippen molar-refractivity contribution < 1.29 is 4.74 Å². The first kappa shape index (κ1) is 12.0. The number of hydrogen-bond donors (Lipinski definition) is 1. The molecule has 1 N–H and O–H groups in total. The largest absolute Gasteiger partial charge is 0.380 e. The fraction of sp³-hybridized carbons (Fsp3) is 1.00. The molecule has 0 aliphatic heterocycles. The number of rotatable bonds is 8. The summed E-state index contributed by atoms with van der Waals surface area (Å²) >= 11 is 0. The average molecular weight is 199 g/mol. The zero-order valence-corrected chi connectivity index (χ0v) is 9.88. The van der Waals surface area contributed by atoms with Gasteiger partial charge in [-0.1, -0.05) is 20.8 Å². The molecule has 2 heteroatoms. The van der Waals surface area contributed by atoms with Gasteiger partial charge in [0.05, 0.1) is 6.61 Å². The third-order valence-electron chi connectivity index (χ3n) is 2.95. The van der Waals surface area contributed by atoms with Gasteiger partial charge in [0.25, 0.3) is 0 Å². The molecular formula is C12H25NO. The molecule has 0 radical (unpaired) electrons. The van der Waals surface area contributed by atoms with E-state index in [0.29, 0.717) is 0 Å². The summed E-state index contributed by atoms with van der Waals surface area (Å²) in [6.45, 7) is 10.8. The highest BCUT2D eigenvalue weighted by Crippen LogP contribution is 2.36. The van der Waals surface area contributed by atoms with Crippen molar-refractivity contribution in [3.05, 3.63) is 0 Å². The van der Waals surface area contributed by atoms with E-state index in [4.69, 9.17) is 4.74 Å². The lowest BCUT2D eigenvalue weighted by atomic mass is 10.1. The molecule has 1 rings (SSSR count). The van der Waals surface area contributed by atoms with Gasteiger partial charge < -0.3 is 10.1 Å². The van der Waals surface area contributed by atoms with Gasteiger partial charge in [0.1, 0.15) is 0 Å². The summed E-state index contributed by atoms with van der Waals surface area (Å²) in [4.78, 5) is 0. The molecule has 0 saturated heterocycles. The maximum Gasteiger partial charge on any atom is 0.0590 e. The minimum Gasteiger partial charge on any atom is -0.380 e. The molecule has 0 heterocycles. The zero-order chi connectivity index (χ0) is 10.4. The third-order valence-corrected chi connectivity index (χ3v) is 2.95. The third kappa shape index (κ3) is 5.61. The highest BCUT2D eigenvalue weighted by molar-refractivity contribution is 4.83. The zero-order valence-electron chi connectivity index (χ0n) is 9.88. The first-order valence-electron chi connectivity index (χ1n) is 5.98. The summed E-state index contributed by atoms with van der Waals surface area (Å²) in [6.07, 6.45) is 2.60. The van der Waals surface area contributed by atoms with Crippen molar-refractivity contribution in [2.24, 2.45) is 17.8 Å². The Morgan fingerprint density at radius 2 is 2.07 bits per heavy atom. The first-order valence-corrected chi connectivity index (χ1v) is 5.98.